The third-order valence-electron chi connectivity index (χ3n) is 4.89. The molecule has 0 aliphatic carbocycles. The molecule has 1 amide bonds. The summed E-state index contributed by atoms with van der Waals surface area (Å²) in [7, 11) is 0. The topological polar surface area (TPSA) is 56.6 Å². The maximum atomic E-state index is 12.9. The Labute approximate surface area is 147 Å². The number of anilines is 1. The van der Waals surface area contributed by atoms with Crippen LogP contribution >= 0.6 is 0 Å². The van der Waals surface area contributed by atoms with Crippen LogP contribution < -0.4 is 9.64 Å². The molecule has 0 unspecified atom stereocenters. The maximum Gasteiger partial charge on any atom is 0.250 e. The SMILES string of the molecule is N#CN1CCC[C@H]1C(=O)N1CCc2c(Oc3ccccc3)cccc21. The van der Waals surface area contributed by atoms with Crippen LogP contribution in [-0.4, -0.2) is 29.9 Å². The molecular formula is C20H19N3O2. The van der Waals surface area contributed by atoms with Crippen LogP contribution in [0.25, 0.3) is 0 Å². The van der Waals surface area contributed by atoms with Gasteiger partial charge in [0, 0.05) is 18.7 Å². The minimum Gasteiger partial charge on any atom is -0.457 e. The number of nitrogens with zero attached hydrogens (tertiary/aromatic N) is 3. The lowest BCUT2D eigenvalue weighted by Crippen LogP contribution is -2.43. The number of rotatable bonds is 3. The fourth-order valence-corrected chi connectivity index (χ4v) is 3.67. The minimum atomic E-state index is -0.324. The molecular weight excluding hydrogens is 314 g/mol. The van der Waals surface area contributed by atoms with Crippen molar-refractivity contribution in [1.29, 1.82) is 5.26 Å². The normalized spacial score (nSPS) is 18.8. The van der Waals surface area contributed by atoms with Crippen LogP contribution in [0.5, 0.6) is 11.5 Å². The first-order valence-electron chi connectivity index (χ1n) is 8.60. The molecule has 126 valence electrons. The Morgan fingerprint density at radius 3 is 2.76 bits per heavy atom. The van der Waals surface area contributed by atoms with Gasteiger partial charge >= 0.3 is 0 Å². The van der Waals surface area contributed by atoms with E-state index in [-0.39, 0.29) is 11.9 Å². The lowest BCUT2D eigenvalue weighted by molar-refractivity contribution is -0.121. The molecule has 1 fully saturated rings. The van der Waals surface area contributed by atoms with Crippen LogP contribution in [-0.2, 0) is 11.2 Å². The highest BCUT2D eigenvalue weighted by atomic mass is 16.5. The monoisotopic (exact) mass is 333 g/mol. The summed E-state index contributed by atoms with van der Waals surface area (Å²) in [5.74, 6) is 1.60. The van der Waals surface area contributed by atoms with Crippen LogP contribution in [0.15, 0.2) is 48.5 Å². The van der Waals surface area contributed by atoms with E-state index in [4.69, 9.17) is 4.74 Å². The van der Waals surface area contributed by atoms with E-state index in [1.54, 1.807) is 4.90 Å². The van der Waals surface area contributed by atoms with Gasteiger partial charge in [-0.05, 0) is 43.5 Å². The van der Waals surface area contributed by atoms with Crippen molar-refractivity contribution in [3.8, 4) is 17.7 Å². The number of carbonyl (C=O) groups excluding carboxylic acids is 1. The minimum absolute atomic E-state index is 0.0228. The number of likely N-dealkylation sites (tertiary alicyclic amines) is 1. The number of nitriles is 1. The van der Waals surface area contributed by atoms with E-state index in [0.29, 0.717) is 13.1 Å². The van der Waals surface area contributed by atoms with Crippen molar-refractivity contribution in [3.63, 3.8) is 0 Å². The summed E-state index contributed by atoms with van der Waals surface area (Å²) in [5.41, 5.74) is 1.96. The Kier molecular flexibility index (Phi) is 4.02. The van der Waals surface area contributed by atoms with Gasteiger partial charge in [-0.1, -0.05) is 24.3 Å². The summed E-state index contributed by atoms with van der Waals surface area (Å²) in [6.07, 6.45) is 4.55. The molecule has 0 aromatic heterocycles. The molecule has 2 aliphatic rings. The number of carbonyl (C=O) groups is 1. The Morgan fingerprint density at radius 2 is 1.96 bits per heavy atom. The second-order valence-corrected chi connectivity index (χ2v) is 6.36. The molecule has 2 aromatic carbocycles. The van der Waals surface area contributed by atoms with Gasteiger partial charge in [0.05, 0.1) is 5.69 Å². The van der Waals surface area contributed by atoms with Crippen molar-refractivity contribution in [2.75, 3.05) is 18.0 Å². The number of amides is 1. The number of ether oxygens (including phenoxy) is 1. The fraction of sp³-hybridized carbons (Fsp3) is 0.300. The summed E-state index contributed by atoms with van der Waals surface area (Å²) < 4.78 is 6.02. The smallest absolute Gasteiger partial charge is 0.250 e. The maximum absolute atomic E-state index is 12.9. The highest BCUT2D eigenvalue weighted by Crippen LogP contribution is 2.38. The Hall–Kier alpha value is -3.00. The molecule has 5 nitrogen and oxygen atoms in total. The van der Waals surface area contributed by atoms with Gasteiger partial charge < -0.3 is 9.64 Å². The van der Waals surface area contributed by atoms with E-state index < -0.39 is 0 Å². The van der Waals surface area contributed by atoms with Gasteiger partial charge in [-0.25, -0.2) is 0 Å². The highest BCUT2D eigenvalue weighted by molar-refractivity contribution is 5.99. The number of fused-ring (bicyclic) bond motifs is 1. The molecule has 0 bridgehead atoms. The van der Waals surface area contributed by atoms with Crippen molar-refractivity contribution in [1.82, 2.24) is 4.90 Å². The van der Waals surface area contributed by atoms with E-state index in [1.165, 1.54) is 0 Å². The van der Waals surface area contributed by atoms with E-state index in [0.717, 1.165) is 42.0 Å². The average Bonchev–Trinajstić information content (AvgIpc) is 3.29. The van der Waals surface area contributed by atoms with Crippen molar-refractivity contribution in [2.45, 2.75) is 25.3 Å². The Morgan fingerprint density at radius 1 is 1.12 bits per heavy atom. The zero-order valence-electron chi connectivity index (χ0n) is 13.9. The van der Waals surface area contributed by atoms with Crippen molar-refractivity contribution < 1.29 is 9.53 Å². The fourth-order valence-electron chi connectivity index (χ4n) is 3.67. The second-order valence-electron chi connectivity index (χ2n) is 6.36. The molecule has 0 spiro atoms. The van der Waals surface area contributed by atoms with Gasteiger partial charge in [0.25, 0.3) is 0 Å². The van der Waals surface area contributed by atoms with Crippen molar-refractivity contribution in [3.05, 3.63) is 54.1 Å². The standard InChI is InChI=1S/C20H19N3O2/c21-14-22-12-5-9-18(22)20(24)23-13-11-16-17(23)8-4-10-19(16)25-15-6-2-1-3-7-15/h1-4,6-8,10,18H,5,9,11-13H2/t18-/m0/s1. The first kappa shape index (κ1) is 15.5. The largest absolute Gasteiger partial charge is 0.457 e. The first-order chi connectivity index (χ1) is 12.3. The van der Waals surface area contributed by atoms with Crippen LogP contribution in [0.3, 0.4) is 0 Å². The summed E-state index contributed by atoms with van der Waals surface area (Å²) >= 11 is 0. The molecule has 0 saturated carbocycles. The van der Waals surface area contributed by atoms with Crippen molar-refractivity contribution >= 4 is 11.6 Å². The zero-order valence-corrected chi connectivity index (χ0v) is 13.9. The quantitative estimate of drug-likeness (QED) is 0.809. The highest BCUT2D eigenvalue weighted by Gasteiger charge is 2.36. The molecule has 1 saturated heterocycles. The molecule has 1 atom stereocenters. The van der Waals surface area contributed by atoms with Crippen LogP contribution in [0.4, 0.5) is 5.69 Å². The molecule has 2 heterocycles. The van der Waals surface area contributed by atoms with Gasteiger partial charge in [-0.3, -0.25) is 9.69 Å². The van der Waals surface area contributed by atoms with E-state index in [1.807, 2.05) is 53.4 Å². The summed E-state index contributed by atoms with van der Waals surface area (Å²) in [4.78, 5) is 16.4. The van der Waals surface area contributed by atoms with Gasteiger partial charge in [-0.15, -0.1) is 0 Å². The predicted octanol–water partition coefficient (Wildman–Crippen LogP) is 3.31. The molecule has 2 aromatic rings. The summed E-state index contributed by atoms with van der Waals surface area (Å²) in [6, 6.07) is 15.2. The molecule has 25 heavy (non-hydrogen) atoms. The lowest BCUT2D eigenvalue weighted by atomic mass is 10.1. The molecule has 2 aliphatic heterocycles. The number of para-hydroxylation sites is 1. The number of benzene rings is 2. The third kappa shape index (κ3) is 2.80. The second kappa shape index (κ2) is 6.48. The van der Waals surface area contributed by atoms with Gasteiger partial charge in [-0.2, -0.15) is 5.26 Å². The van der Waals surface area contributed by atoms with Crippen LogP contribution in [0.2, 0.25) is 0 Å². The predicted molar refractivity (Wildman–Crippen MR) is 94.4 cm³/mol. The van der Waals surface area contributed by atoms with Crippen molar-refractivity contribution in [2.24, 2.45) is 0 Å². The Bertz CT molecular complexity index is 829. The molecule has 0 N–H and O–H groups in total. The summed E-state index contributed by atoms with van der Waals surface area (Å²) in [5, 5.41) is 9.22. The Balaban J connectivity index is 1.60. The van der Waals surface area contributed by atoms with Gasteiger partial charge in [0.15, 0.2) is 6.19 Å². The first-order valence-corrected chi connectivity index (χ1v) is 8.60. The third-order valence-corrected chi connectivity index (χ3v) is 4.89. The van der Waals surface area contributed by atoms with Gasteiger partial charge in [0.1, 0.15) is 17.5 Å². The molecule has 5 heteroatoms. The molecule has 0 radical (unpaired) electrons. The number of hydrogen-bond donors (Lipinski definition) is 0. The van der Waals surface area contributed by atoms with Crippen LogP contribution in [0.1, 0.15) is 18.4 Å². The summed E-state index contributed by atoms with van der Waals surface area (Å²) in [6.45, 7) is 1.31. The molecule has 4 rings (SSSR count). The van der Waals surface area contributed by atoms with E-state index in [9.17, 15) is 10.1 Å². The van der Waals surface area contributed by atoms with E-state index in [2.05, 4.69) is 6.19 Å². The number of hydrogen-bond acceptors (Lipinski definition) is 4. The van der Waals surface area contributed by atoms with Crippen LogP contribution in [0, 0.1) is 11.5 Å². The average molecular weight is 333 g/mol. The lowest BCUT2D eigenvalue weighted by Gasteiger charge is -2.24. The zero-order chi connectivity index (χ0) is 17.2. The van der Waals surface area contributed by atoms with Gasteiger partial charge in [0.2, 0.25) is 5.91 Å². The van der Waals surface area contributed by atoms with E-state index >= 15 is 0 Å².